The molecule has 13 heavy (non-hydrogen) atoms. The van der Waals surface area contributed by atoms with Crippen LogP contribution < -0.4 is 4.74 Å². The summed E-state index contributed by atoms with van der Waals surface area (Å²) >= 11 is 0. The van der Waals surface area contributed by atoms with Gasteiger partial charge in [-0.1, -0.05) is 18.2 Å². The van der Waals surface area contributed by atoms with Gasteiger partial charge >= 0.3 is 0 Å². The van der Waals surface area contributed by atoms with Crippen LogP contribution in [-0.2, 0) is 0 Å². The number of fused-ring (bicyclic) bond motifs is 1. The molecular formula is C12H14O. The summed E-state index contributed by atoms with van der Waals surface area (Å²) in [5, 5.41) is 0. The fraction of sp³-hybridized carbons (Fsp3) is 0.333. The van der Waals surface area contributed by atoms with Crippen LogP contribution in [0.2, 0.25) is 0 Å². The zero-order chi connectivity index (χ0) is 9.42. The highest BCUT2D eigenvalue weighted by molar-refractivity contribution is 5.73. The first-order valence-corrected chi connectivity index (χ1v) is 4.63. The topological polar surface area (TPSA) is 9.23 Å². The van der Waals surface area contributed by atoms with Crippen molar-refractivity contribution in [1.82, 2.24) is 0 Å². The summed E-state index contributed by atoms with van der Waals surface area (Å²) < 4.78 is 5.76. The predicted octanol–water partition coefficient (Wildman–Crippen LogP) is 3.26. The summed E-state index contributed by atoms with van der Waals surface area (Å²) in [6.45, 7) is 6.39. The van der Waals surface area contributed by atoms with E-state index in [1.807, 2.05) is 12.1 Å². The Kier molecular flexibility index (Phi) is 1.87. The van der Waals surface area contributed by atoms with Crippen LogP contribution in [0.5, 0.6) is 5.75 Å². The molecule has 1 nitrogen and oxygen atoms in total. The van der Waals surface area contributed by atoms with E-state index in [4.69, 9.17) is 4.74 Å². The van der Waals surface area contributed by atoms with Gasteiger partial charge in [-0.3, -0.25) is 0 Å². The van der Waals surface area contributed by atoms with Gasteiger partial charge in [0.05, 0.1) is 0 Å². The smallest absolute Gasteiger partial charge is 0.127 e. The maximum Gasteiger partial charge on any atom is 0.127 e. The van der Waals surface area contributed by atoms with Crippen molar-refractivity contribution in [2.24, 2.45) is 0 Å². The number of benzene rings is 1. The zero-order valence-corrected chi connectivity index (χ0v) is 8.29. The first-order valence-electron chi connectivity index (χ1n) is 4.63. The van der Waals surface area contributed by atoms with Crippen molar-refractivity contribution in [3.05, 3.63) is 35.4 Å². The lowest BCUT2D eigenvalue weighted by Gasteiger charge is -2.25. The van der Waals surface area contributed by atoms with E-state index in [0.29, 0.717) is 0 Å². The van der Waals surface area contributed by atoms with Crippen LogP contribution in [0.1, 0.15) is 26.3 Å². The van der Waals surface area contributed by atoms with E-state index in [0.717, 1.165) is 5.75 Å². The van der Waals surface area contributed by atoms with Crippen molar-refractivity contribution >= 4 is 5.57 Å². The zero-order valence-electron chi connectivity index (χ0n) is 8.29. The van der Waals surface area contributed by atoms with Gasteiger partial charge in [0, 0.05) is 5.56 Å². The Morgan fingerprint density at radius 2 is 1.85 bits per heavy atom. The van der Waals surface area contributed by atoms with Crippen LogP contribution in [0.3, 0.4) is 0 Å². The van der Waals surface area contributed by atoms with Crippen LogP contribution >= 0.6 is 0 Å². The Balaban J connectivity index is 2.59. The van der Waals surface area contributed by atoms with Crippen molar-refractivity contribution in [1.29, 1.82) is 0 Å². The minimum atomic E-state index is 0.217. The third-order valence-corrected chi connectivity index (χ3v) is 2.80. The summed E-state index contributed by atoms with van der Waals surface area (Å²) in [7, 11) is 0. The molecule has 0 aliphatic carbocycles. The second kappa shape index (κ2) is 2.91. The van der Waals surface area contributed by atoms with Crippen LogP contribution in [0, 0.1) is 0 Å². The van der Waals surface area contributed by atoms with Crippen LogP contribution in [-0.4, -0.2) is 6.10 Å². The molecule has 0 N–H and O–H groups in total. The summed E-state index contributed by atoms with van der Waals surface area (Å²) in [6.07, 6.45) is 0.217. The third-order valence-electron chi connectivity index (χ3n) is 2.80. The van der Waals surface area contributed by atoms with E-state index in [1.165, 1.54) is 16.7 Å². The maximum absolute atomic E-state index is 5.76. The Bertz CT molecular complexity index is 363. The molecule has 0 amide bonds. The number of allylic oxidation sites excluding steroid dienone is 1. The molecular weight excluding hydrogens is 160 g/mol. The molecule has 0 saturated carbocycles. The lowest BCUT2D eigenvalue weighted by atomic mass is 9.96. The summed E-state index contributed by atoms with van der Waals surface area (Å²) in [6, 6.07) is 8.20. The van der Waals surface area contributed by atoms with Gasteiger partial charge in [0.15, 0.2) is 0 Å². The molecule has 68 valence electrons. The second-order valence-corrected chi connectivity index (χ2v) is 3.56. The van der Waals surface area contributed by atoms with Gasteiger partial charge in [-0.2, -0.15) is 0 Å². The standard InChI is InChI=1S/C12H14O/c1-8-9(2)11-6-4-5-7-12(11)13-10(8)3/h4-7,10H,1-3H3. The summed E-state index contributed by atoms with van der Waals surface area (Å²) in [5.74, 6) is 1.01. The molecule has 1 aliphatic rings. The molecule has 0 saturated heterocycles. The van der Waals surface area contributed by atoms with Gasteiger partial charge in [0.25, 0.3) is 0 Å². The fourth-order valence-electron chi connectivity index (χ4n) is 1.68. The Morgan fingerprint density at radius 3 is 2.62 bits per heavy atom. The third kappa shape index (κ3) is 1.24. The highest BCUT2D eigenvalue weighted by atomic mass is 16.5. The SMILES string of the molecule is CC1=C(C)C(C)Oc2ccccc21. The lowest BCUT2D eigenvalue weighted by molar-refractivity contribution is 0.252. The first-order chi connectivity index (χ1) is 6.20. The highest BCUT2D eigenvalue weighted by Gasteiger charge is 2.19. The van der Waals surface area contributed by atoms with Gasteiger partial charge in [-0.05, 0) is 38.0 Å². The van der Waals surface area contributed by atoms with Crippen molar-refractivity contribution in [3.8, 4) is 5.75 Å². The molecule has 0 bridgehead atoms. The number of ether oxygens (including phenoxy) is 1. The molecule has 0 aromatic heterocycles. The second-order valence-electron chi connectivity index (χ2n) is 3.56. The monoisotopic (exact) mass is 174 g/mol. The minimum Gasteiger partial charge on any atom is -0.486 e. The van der Waals surface area contributed by atoms with E-state index >= 15 is 0 Å². The summed E-state index contributed by atoms with van der Waals surface area (Å²) in [4.78, 5) is 0. The van der Waals surface area contributed by atoms with Crippen LogP contribution in [0.4, 0.5) is 0 Å². The number of rotatable bonds is 0. The van der Waals surface area contributed by atoms with Crippen molar-refractivity contribution < 1.29 is 4.74 Å². The number of hydrogen-bond acceptors (Lipinski definition) is 1. The van der Waals surface area contributed by atoms with Crippen molar-refractivity contribution in [3.63, 3.8) is 0 Å². The molecule has 1 unspecified atom stereocenters. The van der Waals surface area contributed by atoms with Crippen molar-refractivity contribution in [2.45, 2.75) is 26.9 Å². The molecule has 1 heteroatoms. The Morgan fingerprint density at radius 1 is 1.15 bits per heavy atom. The fourth-order valence-corrected chi connectivity index (χ4v) is 1.68. The molecule has 1 heterocycles. The molecule has 1 aromatic carbocycles. The number of para-hydroxylation sites is 1. The Hall–Kier alpha value is -1.24. The van der Waals surface area contributed by atoms with Gasteiger partial charge in [0.1, 0.15) is 11.9 Å². The molecule has 2 rings (SSSR count). The van der Waals surface area contributed by atoms with Gasteiger partial charge < -0.3 is 4.74 Å². The maximum atomic E-state index is 5.76. The van der Waals surface area contributed by atoms with Crippen molar-refractivity contribution in [2.75, 3.05) is 0 Å². The van der Waals surface area contributed by atoms with Gasteiger partial charge in [-0.25, -0.2) is 0 Å². The Labute approximate surface area is 79.0 Å². The largest absolute Gasteiger partial charge is 0.486 e. The lowest BCUT2D eigenvalue weighted by Crippen LogP contribution is -2.18. The molecule has 0 spiro atoms. The molecule has 0 fully saturated rings. The van der Waals surface area contributed by atoms with E-state index in [2.05, 4.69) is 32.9 Å². The number of hydrogen-bond donors (Lipinski definition) is 0. The molecule has 1 atom stereocenters. The molecule has 1 aromatic rings. The average Bonchev–Trinajstić information content (AvgIpc) is 2.15. The van der Waals surface area contributed by atoms with Gasteiger partial charge in [0.2, 0.25) is 0 Å². The normalized spacial score (nSPS) is 21.0. The van der Waals surface area contributed by atoms with E-state index in [-0.39, 0.29) is 6.10 Å². The molecule has 0 radical (unpaired) electrons. The minimum absolute atomic E-state index is 0.217. The summed E-state index contributed by atoms with van der Waals surface area (Å²) in [5.41, 5.74) is 3.92. The average molecular weight is 174 g/mol. The van der Waals surface area contributed by atoms with Gasteiger partial charge in [-0.15, -0.1) is 0 Å². The van der Waals surface area contributed by atoms with Crippen LogP contribution in [0.15, 0.2) is 29.8 Å². The predicted molar refractivity (Wildman–Crippen MR) is 54.8 cm³/mol. The quantitative estimate of drug-likeness (QED) is 0.586. The molecule has 1 aliphatic heterocycles. The van der Waals surface area contributed by atoms with E-state index in [9.17, 15) is 0 Å². The van der Waals surface area contributed by atoms with E-state index < -0.39 is 0 Å². The first kappa shape index (κ1) is 8.36. The highest BCUT2D eigenvalue weighted by Crippen LogP contribution is 2.34. The van der Waals surface area contributed by atoms with E-state index in [1.54, 1.807) is 0 Å². The van der Waals surface area contributed by atoms with Crippen LogP contribution in [0.25, 0.3) is 5.57 Å².